The van der Waals surface area contributed by atoms with Crippen LogP contribution in [0, 0.1) is 5.92 Å². The van der Waals surface area contributed by atoms with Crippen LogP contribution in [0.4, 0.5) is 5.69 Å². The lowest BCUT2D eigenvalue weighted by Crippen LogP contribution is -2.23. The highest BCUT2D eigenvalue weighted by atomic mass is 16.5. The van der Waals surface area contributed by atoms with Gasteiger partial charge in [-0.2, -0.15) is 0 Å². The minimum absolute atomic E-state index is 0.430. The van der Waals surface area contributed by atoms with Gasteiger partial charge in [-0.15, -0.1) is 0 Å². The predicted molar refractivity (Wildman–Crippen MR) is 90.9 cm³/mol. The molecule has 0 saturated carbocycles. The Balaban J connectivity index is 2.38. The fraction of sp³-hybridized carbons (Fsp3) is 0.588. The van der Waals surface area contributed by atoms with E-state index in [0.29, 0.717) is 30.9 Å². The van der Waals surface area contributed by atoms with E-state index in [1.165, 1.54) is 5.56 Å². The van der Waals surface area contributed by atoms with Crippen LogP contribution in [0.2, 0.25) is 0 Å². The summed E-state index contributed by atoms with van der Waals surface area (Å²) in [6.07, 6.45) is 1.15. The Bertz CT molecular complexity index is 426. The maximum Gasteiger partial charge on any atom is 0.193 e. The zero-order chi connectivity index (χ0) is 15.7. The molecule has 0 radical (unpaired) electrons. The predicted octanol–water partition coefficient (Wildman–Crippen LogP) is 3.60. The van der Waals surface area contributed by atoms with Crippen molar-refractivity contribution in [1.82, 2.24) is 0 Å². The second kappa shape index (κ2) is 9.40. The van der Waals surface area contributed by atoms with Gasteiger partial charge in [-0.05, 0) is 36.0 Å². The molecule has 4 nitrogen and oxygen atoms in total. The molecule has 0 saturated heterocycles. The number of nitrogens with one attached hydrogen (secondary N) is 1. The molecule has 1 aromatic rings. The minimum atomic E-state index is 0.430. The highest BCUT2D eigenvalue weighted by molar-refractivity contribution is 5.92. The molecule has 0 fully saturated rings. The van der Waals surface area contributed by atoms with Gasteiger partial charge in [0.25, 0.3) is 0 Å². The van der Waals surface area contributed by atoms with Crippen molar-refractivity contribution >= 4 is 11.6 Å². The molecule has 0 heterocycles. The Morgan fingerprint density at radius 1 is 1.24 bits per heavy atom. The Morgan fingerprint density at radius 2 is 1.90 bits per heavy atom. The summed E-state index contributed by atoms with van der Waals surface area (Å²) in [6, 6.07) is 8.35. The number of aliphatic imine (C=N–C) groups is 1. The first-order valence-electron chi connectivity index (χ1n) is 7.77. The van der Waals surface area contributed by atoms with E-state index in [0.717, 1.165) is 18.7 Å². The Morgan fingerprint density at radius 3 is 2.48 bits per heavy atom. The normalized spacial score (nSPS) is 13.5. The average molecular weight is 291 g/mol. The van der Waals surface area contributed by atoms with Crippen molar-refractivity contribution in [3.05, 3.63) is 29.8 Å². The van der Waals surface area contributed by atoms with Crippen molar-refractivity contribution in [2.24, 2.45) is 16.6 Å². The van der Waals surface area contributed by atoms with Gasteiger partial charge in [-0.1, -0.05) is 39.8 Å². The van der Waals surface area contributed by atoms with Crippen molar-refractivity contribution in [3.8, 4) is 0 Å². The van der Waals surface area contributed by atoms with Gasteiger partial charge in [-0.3, -0.25) is 4.99 Å². The zero-order valence-electron chi connectivity index (χ0n) is 13.7. The third-order valence-corrected chi connectivity index (χ3v) is 3.33. The summed E-state index contributed by atoms with van der Waals surface area (Å²) in [7, 11) is 0. The van der Waals surface area contributed by atoms with Gasteiger partial charge in [0, 0.05) is 12.3 Å². The van der Waals surface area contributed by atoms with Crippen molar-refractivity contribution in [2.45, 2.75) is 40.0 Å². The van der Waals surface area contributed by atoms with Crippen molar-refractivity contribution in [3.63, 3.8) is 0 Å². The molecule has 3 N–H and O–H groups in total. The van der Waals surface area contributed by atoms with Crippen LogP contribution < -0.4 is 11.1 Å². The summed E-state index contributed by atoms with van der Waals surface area (Å²) >= 11 is 0. The molecular formula is C17H29N3O. The average Bonchev–Trinajstić information content (AvgIpc) is 2.46. The van der Waals surface area contributed by atoms with E-state index in [4.69, 9.17) is 10.5 Å². The lowest BCUT2D eigenvalue weighted by molar-refractivity contribution is 0.117. The number of hydrogen-bond donors (Lipinski definition) is 2. The number of ether oxygens (including phenoxy) is 1. The molecule has 0 aromatic heterocycles. The molecule has 0 aliphatic rings. The standard InChI is InChI=1S/C17H29N3O/c1-5-14(4)15-6-8-16(9-7-15)20-17(18)19-10-11-21-12-13(2)3/h6-9,13-14H,5,10-12H2,1-4H3,(H3,18,19,20). The van der Waals surface area contributed by atoms with Crippen LogP contribution in [0.5, 0.6) is 0 Å². The molecule has 0 bridgehead atoms. The van der Waals surface area contributed by atoms with E-state index in [2.05, 4.69) is 50.1 Å². The first-order chi connectivity index (χ1) is 10.0. The highest BCUT2D eigenvalue weighted by Crippen LogP contribution is 2.20. The van der Waals surface area contributed by atoms with E-state index in [1.807, 2.05) is 12.1 Å². The van der Waals surface area contributed by atoms with Gasteiger partial charge >= 0.3 is 0 Å². The lowest BCUT2D eigenvalue weighted by Gasteiger charge is -2.11. The second-order valence-electron chi connectivity index (χ2n) is 5.79. The van der Waals surface area contributed by atoms with E-state index in [1.54, 1.807) is 0 Å². The molecule has 118 valence electrons. The van der Waals surface area contributed by atoms with Gasteiger partial charge in [0.15, 0.2) is 5.96 Å². The van der Waals surface area contributed by atoms with Crippen LogP contribution in [0.25, 0.3) is 0 Å². The summed E-state index contributed by atoms with van der Waals surface area (Å²) in [4.78, 5) is 4.25. The third kappa shape index (κ3) is 7.14. The van der Waals surface area contributed by atoms with Crippen LogP contribution >= 0.6 is 0 Å². The maximum atomic E-state index is 5.86. The summed E-state index contributed by atoms with van der Waals surface area (Å²) < 4.78 is 5.46. The van der Waals surface area contributed by atoms with Crippen LogP contribution in [-0.2, 0) is 4.74 Å². The second-order valence-corrected chi connectivity index (χ2v) is 5.79. The molecule has 4 heteroatoms. The van der Waals surface area contributed by atoms with E-state index >= 15 is 0 Å². The number of anilines is 1. The van der Waals surface area contributed by atoms with Crippen LogP contribution in [0.3, 0.4) is 0 Å². The fourth-order valence-corrected chi connectivity index (χ4v) is 1.87. The van der Waals surface area contributed by atoms with Gasteiger partial charge in [-0.25, -0.2) is 0 Å². The van der Waals surface area contributed by atoms with Crippen molar-refractivity contribution in [2.75, 3.05) is 25.1 Å². The monoisotopic (exact) mass is 291 g/mol. The molecule has 0 amide bonds. The number of nitrogens with two attached hydrogens (primary N) is 1. The van der Waals surface area contributed by atoms with Crippen LogP contribution in [-0.4, -0.2) is 25.7 Å². The van der Waals surface area contributed by atoms with E-state index < -0.39 is 0 Å². The van der Waals surface area contributed by atoms with Gasteiger partial charge in [0.05, 0.1) is 13.2 Å². The Labute approximate surface area is 128 Å². The number of hydrogen-bond acceptors (Lipinski definition) is 2. The molecule has 0 spiro atoms. The van der Waals surface area contributed by atoms with Crippen molar-refractivity contribution < 1.29 is 4.74 Å². The first-order valence-corrected chi connectivity index (χ1v) is 7.77. The number of rotatable bonds is 8. The molecule has 0 aliphatic heterocycles. The molecule has 1 atom stereocenters. The minimum Gasteiger partial charge on any atom is -0.379 e. The first kappa shape index (κ1) is 17.5. The highest BCUT2D eigenvalue weighted by Gasteiger charge is 2.02. The fourth-order valence-electron chi connectivity index (χ4n) is 1.87. The quantitative estimate of drug-likeness (QED) is 0.437. The van der Waals surface area contributed by atoms with E-state index in [-0.39, 0.29) is 0 Å². The molecule has 1 aromatic carbocycles. The number of benzene rings is 1. The van der Waals surface area contributed by atoms with Crippen molar-refractivity contribution in [1.29, 1.82) is 0 Å². The van der Waals surface area contributed by atoms with Gasteiger partial charge in [0.2, 0.25) is 0 Å². The Kier molecular flexibility index (Phi) is 7.83. The molecule has 1 rings (SSSR count). The van der Waals surface area contributed by atoms with Crippen LogP contribution in [0.15, 0.2) is 29.3 Å². The number of nitrogens with zero attached hydrogens (tertiary/aromatic N) is 1. The summed E-state index contributed by atoms with van der Waals surface area (Å²) in [6.45, 7) is 10.6. The maximum absolute atomic E-state index is 5.86. The molecular weight excluding hydrogens is 262 g/mol. The third-order valence-electron chi connectivity index (χ3n) is 3.33. The van der Waals surface area contributed by atoms with Crippen LogP contribution in [0.1, 0.15) is 45.6 Å². The smallest absolute Gasteiger partial charge is 0.193 e. The topological polar surface area (TPSA) is 59.6 Å². The Hall–Kier alpha value is -1.55. The van der Waals surface area contributed by atoms with Gasteiger partial charge < -0.3 is 15.8 Å². The largest absolute Gasteiger partial charge is 0.379 e. The lowest BCUT2D eigenvalue weighted by atomic mass is 9.99. The molecule has 1 unspecified atom stereocenters. The van der Waals surface area contributed by atoms with E-state index in [9.17, 15) is 0 Å². The zero-order valence-corrected chi connectivity index (χ0v) is 13.7. The van der Waals surface area contributed by atoms with Gasteiger partial charge in [0.1, 0.15) is 0 Å². The summed E-state index contributed by atoms with van der Waals surface area (Å²) in [5.74, 6) is 1.57. The number of guanidine groups is 1. The molecule has 0 aliphatic carbocycles. The summed E-state index contributed by atoms with van der Waals surface area (Å²) in [5.41, 5.74) is 8.17. The SMILES string of the molecule is CCC(C)c1ccc(NC(N)=NCCOCC(C)C)cc1. The summed E-state index contributed by atoms with van der Waals surface area (Å²) in [5, 5.41) is 3.10. The molecule has 21 heavy (non-hydrogen) atoms.